The summed E-state index contributed by atoms with van der Waals surface area (Å²) in [6, 6.07) is 17.6. The van der Waals surface area contributed by atoms with Crippen LogP contribution in [-0.4, -0.2) is 58.5 Å². The number of carbonyl (C=O) groups is 1. The van der Waals surface area contributed by atoms with Gasteiger partial charge >= 0.3 is 0 Å². The zero-order valence-electron chi connectivity index (χ0n) is 21.8. The number of likely N-dealkylation sites (N-methyl/N-ethyl adjacent to an activating group) is 1. The van der Waals surface area contributed by atoms with Crippen molar-refractivity contribution in [2.75, 3.05) is 33.9 Å². The maximum absolute atomic E-state index is 13.9. The molecule has 0 spiro atoms. The van der Waals surface area contributed by atoms with Gasteiger partial charge in [-0.1, -0.05) is 32.0 Å². The molecule has 7 nitrogen and oxygen atoms in total. The fraction of sp³-hybridized carbons (Fsp3) is 0.286. The largest absolute Gasteiger partial charge is 0.493 e. The first-order valence-corrected chi connectivity index (χ1v) is 13.0. The summed E-state index contributed by atoms with van der Waals surface area (Å²) in [6.07, 6.45) is 0. The van der Waals surface area contributed by atoms with Crippen LogP contribution in [0.15, 0.2) is 60.0 Å². The Hall–Kier alpha value is -3.04. The van der Waals surface area contributed by atoms with E-state index in [1.807, 2.05) is 52.2 Å². The predicted octanol–water partition coefficient (Wildman–Crippen LogP) is 6.45. The van der Waals surface area contributed by atoms with Gasteiger partial charge in [0.15, 0.2) is 11.5 Å². The molecule has 0 aliphatic heterocycles. The van der Waals surface area contributed by atoms with E-state index < -0.39 is 0 Å². The van der Waals surface area contributed by atoms with Gasteiger partial charge in [0.1, 0.15) is 11.4 Å². The topological polar surface area (TPSA) is 61.0 Å². The first-order valence-electron chi connectivity index (χ1n) is 12.1. The van der Waals surface area contributed by atoms with Crippen molar-refractivity contribution < 1.29 is 14.3 Å². The molecule has 0 bridgehead atoms. The second kappa shape index (κ2) is 12.7. The Balaban J connectivity index is 0.00000200. The first-order chi connectivity index (χ1) is 17.6. The number of methoxy groups -OCH3 is 2. The molecule has 2 aromatic carbocycles. The molecular formula is C28H32Cl2N4O3S. The Morgan fingerprint density at radius 3 is 2.29 bits per heavy atom. The number of ether oxygens (including phenoxy) is 2. The lowest BCUT2D eigenvalue weighted by atomic mass is 10.1. The molecular weight excluding hydrogens is 543 g/mol. The third-order valence-electron chi connectivity index (χ3n) is 6.67. The molecule has 0 radical (unpaired) electrons. The lowest BCUT2D eigenvalue weighted by Gasteiger charge is -2.18. The number of hydrogen-bond donors (Lipinski definition) is 0. The number of benzene rings is 2. The van der Waals surface area contributed by atoms with Crippen LogP contribution in [0.25, 0.3) is 28.1 Å². The van der Waals surface area contributed by atoms with Crippen molar-refractivity contribution in [1.82, 2.24) is 18.9 Å². The van der Waals surface area contributed by atoms with E-state index in [1.165, 1.54) is 11.3 Å². The minimum Gasteiger partial charge on any atom is -0.493 e. The van der Waals surface area contributed by atoms with E-state index in [4.69, 9.17) is 14.5 Å². The van der Waals surface area contributed by atoms with Gasteiger partial charge in [0.2, 0.25) is 11.6 Å². The van der Waals surface area contributed by atoms with Crippen molar-refractivity contribution in [3.05, 3.63) is 70.5 Å². The molecule has 5 aromatic rings. The molecule has 0 saturated carbocycles. The van der Waals surface area contributed by atoms with Gasteiger partial charge in [-0.2, -0.15) is 0 Å². The third kappa shape index (κ3) is 5.14. The number of ketones is 1. The molecule has 202 valence electrons. The highest BCUT2D eigenvalue weighted by atomic mass is 35.5. The zero-order chi connectivity index (χ0) is 25.2. The van der Waals surface area contributed by atoms with E-state index >= 15 is 0 Å². The SMILES string of the molecule is CCN(CC)CCn1c2ccccc2n2c(C(=O)c3cccs3)c(-c3ccc(OC)c(OC)c3)nc12.Cl.Cl. The van der Waals surface area contributed by atoms with Crippen molar-refractivity contribution in [3.8, 4) is 22.8 Å². The quantitative estimate of drug-likeness (QED) is 0.179. The summed E-state index contributed by atoms with van der Waals surface area (Å²) >= 11 is 1.44. The summed E-state index contributed by atoms with van der Waals surface area (Å²) < 4.78 is 15.2. The molecule has 5 rings (SSSR count). The number of rotatable bonds is 10. The number of halogens is 2. The molecule has 0 saturated heterocycles. The van der Waals surface area contributed by atoms with Gasteiger partial charge in [0, 0.05) is 18.7 Å². The van der Waals surface area contributed by atoms with Crippen molar-refractivity contribution >= 4 is 58.7 Å². The summed E-state index contributed by atoms with van der Waals surface area (Å²) in [5.41, 5.74) is 4.01. The monoisotopic (exact) mass is 574 g/mol. The number of carbonyl (C=O) groups excluding carboxylic acids is 1. The molecule has 0 amide bonds. The van der Waals surface area contributed by atoms with E-state index in [-0.39, 0.29) is 30.6 Å². The first kappa shape index (κ1) is 29.5. The Kier molecular flexibility index (Phi) is 9.84. The molecule has 10 heteroatoms. The van der Waals surface area contributed by atoms with Gasteiger partial charge in [-0.15, -0.1) is 36.2 Å². The summed E-state index contributed by atoms with van der Waals surface area (Å²) in [6.45, 7) is 7.99. The number of fused-ring (bicyclic) bond motifs is 3. The average molecular weight is 576 g/mol. The van der Waals surface area contributed by atoms with Crippen LogP contribution in [0.3, 0.4) is 0 Å². The van der Waals surface area contributed by atoms with Crippen LogP contribution in [0.2, 0.25) is 0 Å². The predicted molar refractivity (Wildman–Crippen MR) is 159 cm³/mol. The second-order valence-electron chi connectivity index (χ2n) is 8.49. The Labute approximate surface area is 238 Å². The maximum atomic E-state index is 13.9. The molecule has 3 heterocycles. The number of thiophene rings is 1. The second-order valence-corrected chi connectivity index (χ2v) is 9.44. The van der Waals surface area contributed by atoms with Gasteiger partial charge in [0.25, 0.3) is 0 Å². The van der Waals surface area contributed by atoms with Crippen LogP contribution in [0.5, 0.6) is 11.5 Å². The molecule has 3 aromatic heterocycles. The van der Waals surface area contributed by atoms with Crippen LogP contribution in [-0.2, 0) is 6.54 Å². The van der Waals surface area contributed by atoms with Gasteiger partial charge < -0.3 is 18.9 Å². The number of para-hydroxylation sites is 2. The molecule has 38 heavy (non-hydrogen) atoms. The van der Waals surface area contributed by atoms with Crippen LogP contribution >= 0.6 is 36.2 Å². The summed E-state index contributed by atoms with van der Waals surface area (Å²) in [5.74, 6) is 1.93. The highest BCUT2D eigenvalue weighted by Crippen LogP contribution is 2.36. The van der Waals surface area contributed by atoms with Crippen molar-refractivity contribution in [3.63, 3.8) is 0 Å². The van der Waals surface area contributed by atoms with Crippen molar-refractivity contribution in [1.29, 1.82) is 0 Å². The highest BCUT2D eigenvalue weighted by Gasteiger charge is 2.27. The van der Waals surface area contributed by atoms with Crippen LogP contribution < -0.4 is 9.47 Å². The average Bonchev–Trinajstić information content (AvgIpc) is 3.65. The Morgan fingerprint density at radius 2 is 1.66 bits per heavy atom. The minimum atomic E-state index is -0.0473. The Morgan fingerprint density at radius 1 is 0.947 bits per heavy atom. The fourth-order valence-electron chi connectivity index (χ4n) is 4.73. The molecule has 0 unspecified atom stereocenters. The number of nitrogens with zero attached hydrogens (tertiary/aromatic N) is 4. The van der Waals surface area contributed by atoms with Gasteiger partial charge in [-0.05, 0) is 54.9 Å². The number of hydrogen-bond acceptors (Lipinski definition) is 6. The highest BCUT2D eigenvalue weighted by molar-refractivity contribution is 7.12. The Bertz CT molecular complexity index is 1520. The van der Waals surface area contributed by atoms with Crippen LogP contribution in [0, 0.1) is 0 Å². The van der Waals surface area contributed by atoms with Crippen molar-refractivity contribution in [2.45, 2.75) is 20.4 Å². The summed E-state index contributed by atoms with van der Waals surface area (Å²) in [4.78, 5) is 22.1. The number of imidazole rings is 2. The summed E-state index contributed by atoms with van der Waals surface area (Å²) in [7, 11) is 3.22. The normalized spacial score (nSPS) is 11.0. The van der Waals surface area contributed by atoms with Crippen LogP contribution in [0.4, 0.5) is 0 Å². The van der Waals surface area contributed by atoms with E-state index in [1.54, 1.807) is 14.2 Å². The smallest absolute Gasteiger partial charge is 0.222 e. The lowest BCUT2D eigenvalue weighted by molar-refractivity contribution is 0.103. The third-order valence-corrected chi connectivity index (χ3v) is 7.53. The van der Waals surface area contributed by atoms with Gasteiger partial charge in [0.05, 0.1) is 30.1 Å². The fourth-order valence-corrected chi connectivity index (χ4v) is 5.39. The minimum absolute atomic E-state index is 0. The van der Waals surface area contributed by atoms with E-state index in [0.717, 1.165) is 48.6 Å². The molecule has 0 aliphatic carbocycles. The van der Waals surface area contributed by atoms with E-state index in [2.05, 4.69) is 35.4 Å². The van der Waals surface area contributed by atoms with Crippen LogP contribution in [0.1, 0.15) is 29.2 Å². The van der Waals surface area contributed by atoms with E-state index in [0.29, 0.717) is 27.8 Å². The molecule has 0 atom stereocenters. The number of aromatic nitrogens is 3. The van der Waals surface area contributed by atoms with Gasteiger partial charge in [-0.3, -0.25) is 9.20 Å². The molecule has 0 N–H and O–H groups in total. The molecule has 0 fully saturated rings. The van der Waals surface area contributed by atoms with Crippen molar-refractivity contribution in [2.24, 2.45) is 0 Å². The van der Waals surface area contributed by atoms with E-state index in [9.17, 15) is 4.79 Å². The van der Waals surface area contributed by atoms with Gasteiger partial charge in [-0.25, -0.2) is 4.98 Å². The maximum Gasteiger partial charge on any atom is 0.222 e. The lowest BCUT2D eigenvalue weighted by Crippen LogP contribution is -2.27. The standard InChI is InChI=1S/C28H30N4O3S.2ClH/c1-5-30(6-2)15-16-31-20-10-7-8-11-21(20)32-26(27(33)24-12-9-17-36-24)25(29-28(31)32)19-13-14-22(34-3)23(18-19)35-4;;/h7-14,17-18H,5-6,15-16H2,1-4H3;2*1H. The molecule has 0 aliphatic rings. The zero-order valence-corrected chi connectivity index (χ0v) is 24.3. The summed E-state index contributed by atoms with van der Waals surface area (Å²) in [5, 5.41) is 1.93.